The van der Waals surface area contributed by atoms with Crippen LogP contribution >= 0.6 is 0 Å². The maximum Gasteiger partial charge on any atom is 0.243 e. The molecule has 0 fully saturated rings. The van der Waals surface area contributed by atoms with Gasteiger partial charge in [-0.05, 0) is 38.7 Å². The predicted molar refractivity (Wildman–Crippen MR) is 93.1 cm³/mol. The quantitative estimate of drug-likeness (QED) is 0.601. The van der Waals surface area contributed by atoms with Gasteiger partial charge in [-0.3, -0.25) is 4.79 Å². The Morgan fingerprint density at radius 2 is 2.09 bits per heavy atom. The number of carbonyl (C=O) groups excluding carboxylic acids is 1. The van der Waals surface area contributed by atoms with Gasteiger partial charge < -0.3 is 9.88 Å². The van der Waals surface area contributed by atoms with Crippen LogP contribution in [0.1, 0.15) is 31.2 Å². The second-order valence-electron chi connectivity index (χ2n) is 5.79. The van der Waals surface area contributed by atoms with Crippen LogP contribution in [0.5, 0.6) is 0 Å². The summed E-state index contributed by atoms with van der Waals surface area (Å²) in [4.78, 5) is 16.1. The highest BCUT2D eigenvalue weighted by Crippen LogP contribution is 2.08. The van der Waals surface area contributed by atoms with E-state index in [0.29, 0.717) is 6.54 Å². The van der Waals surface area contributed by atoms with Gasteiger partial charge in [0, 0.05) is 31.6 Å². The zero-order chi connectivity index (χ0) is 16.5. The second kappa shape index (κ2) is 8.93. The normalized spacial score (nSPS) is 11.5. The first-order valence-electron chi connectivity index (χ1n) is 8.12. The number of nitrogens with zero attached hydrogens (tertiary/aromatic N) is 2. The Labute approximate surface area is 138 Å². The van der Waals surface area contributed by atoms with E-state index in [1.807, 2.05) is 38.2 Å². The Kier molecular flexibility index (Phi) is 6.60. The molecule has 4 heteroatoms. The molecule has 0 spiro atoms. The number of imidazole rings is 1. The Hall–Kier alpha value is -2.36. The maximum atomic E-state index is 11.9. The molecule has 2 aromatic rings. The molecule has 2 rings (SSSR count). The highest BCUT2D eigenvalue weighted by Gasteiger charge is 2.00. The van der Waals surface area contributed by atoms with Crippen molar-refractivity contribution in [2.24, 2.45) is 0 Å². The maximum absolute atomic E-state index is 11.9. The van der Waals surface area contributed by atoms with Crippen LogP contribution in [0.4, 0.5) is 0 Å². The summed E-state index contributed by atoms with van der Waals surface area (Å²) in [6.45, 7) is 5.55. The lowest BCUT2D eigenvalue weighted by atomic mass is 10.1. The molecule has 0 unspecified atom stereocenters. The molecule has 0 bridgehead atoms. The molecule has 0 aliphatic rings. The third kappa shape index (κ3) is 6.10. The average Bonchev–Trinajstić information content (AvgIpc) is 2.96. The van der Waals surface area contributed by atoms with Gasteiger partial charge in [-0.15, -0.1) is 0 Å². The minimum Gasteiger partial charge on any atom is -0.352 e. The molecule has 1 aromatic carbocycles. The first kappa shape index (κ1) is 17.0. The first-order chi connectivity index (χ1) is 11.1. The topological polar surface area (TPSA) is 46.9 Å². The summed E-state index contributed by atoms with van der Waals surface area (Å²) in [5, 5.41) is 2.94. The summed E-state index contributed by atoms with van der Waals surface area (Å²) >= 11 is 0. The smallest absolute Gasteiger partial charge is 0.243 e. The van der Waals surface area contributed by atoms with Gasteiger partial charge in [-0.1, -0.05) is 35.9 Å². The predicted octanol–water partition coefficient (Wildman–Crippen LogP) is 3.28. The number of allylic oxidation sites excluding steroid dienone is 1. The Morgan fingerprint density at radius 3 is 2.78 bits per heavy atom. The van der Waals surface area contributed by atoms with Crippen molar-refractivity contribution in [1.82, 2.24) is 14.9 Å². The SMILES string of the molecule is C/C(=C\C(=O)NCCCn1ccnc1C)CCc1ccccc1. The summed E-state index contributed by atoms with van der Waals surface area (Å²) in [7, 11) is 0. The van der Waals surface area contributed by atoms with Crippen LogP contribution in [0.15, 0.2) is 54.4 Å². The van der Waals surface area contributed by atoms with Crippen LogP contribution in [-0.2, 0) is 17.8 Å². The summed E-state index contributed by atoms with van der Waals surface area (Å²) in [6, 6.07) is 10.3. The van der Waals surface area contributed by atoms with Gasteiger partial charge in [0.25, 0.3) is 0 Å². The summed E-state index contributed by atoms with van der Waals surface area (Å²) < 4.78 is 2.09. The molecule has 1 amide bonds. The number of rotatable bonds is 8. The molecule has 23 heavy (non-hydrogen) atoms. The Morgan fingerprint density at radius 1 is 1.30 bits per heavy atom. The van der Waals surface area contributed by atoms with Crippen LogP contribution in [-0.4, -0.2) is 22.0 Å². The van der Waals surface area contributed by atoms with Crippen LogP contribution in [0.25, 0.3) is 0 Å². The summed E-state index contributed by atoms with van der Waals surface area (Å²) in [5.41, 5.74) is 2.41. The van der Waals surface area contributed by atoms with Crippen molar-refractivity contribution in [3.05, 3.63) is 65.8 Å². The Bertz CT molecular complexity index is 644. The molecule has 1 N–H and O–H groups in total. The molecular formula is C19H25N3O. The molecule has 0 aliphatic carbocycles. The zero-order valence-corrected chi connectivity index (χ0v) is 14.0. The molecule has 4 nitrogen and oxygen atoms in total. The summed E-state index contributed by atoms with van der Waals surface area (Å²) in [6.07, 6.45) is 8.25. The van der Waals surface area contributed by atoms with E-state index in [4.69, 9.17) is 0 Å². The van der Waals surface area contributed by atoms with Crippen molar-refractivity contribution >= 4 is 5.91 Å². The lowest BCUT2D eigenvalue weighted by molar-refractivity contribution is -0.116. The van der Waals surface area contributed by atoms with E-state index in [-0.39, 0.29) is 5.91 Å². The van der Waals surface area contributed by atoms with Crippen molar-refractivity contribution in [3.8, 4) is 0 Å². The third-order valence-corrected chi connectivity index (χ3v) is 3.83. The van der Waals surface area contributed by atoms with Gasteiger partial charge in [0.15, 0.2) is 0 Å². The van der Waals surface area contributed by atoms with Gasteiger partial charge in [-0.25, -0.2) is 4.98 Å². The van der Waals surface area contributed by atoms with Crippen molar-refractivity contribution in [2.75, 3.05) is 6.54 Å². The number of hydrogen-bond acceptors (Lipinski definition) is 2. The third-order valence-electron chi connectivity index (χ3n) is 3.83. The largest absolute Gasteiger partial charge is 0.352 e. The van der Waals surface area contributed by atoms with Gasteiger partial charge in [0.1, 0.15) is 5.82 Å². The fraction of sp³-hybridized carbons (Fsp3) is 0.368. The zero-order valence-electron chi connectivity index (χ0n) is 14.0. The standard InChI is InChI=1S/C19H25N3O/c1-16(9-10-18-7-4-3-5-8-18)15-19(23)21-11-6-13-22-14-12-20-17(22)2/h3-5,7-8,12,14-15H,6,9-11,13H2,1-2H3,(H,21,23)/b16-15+. The number of aryl methyl sites for hydroxylation is 3. The first-order valence-corrected chi connectivity index (χ1v) is 8.12. The van der Waals surface area contributed by atoms with Crippen molar-refractivity contribution in [3.63, 3.8) is 0 Å². The van der Waals surface area contributed by atoms with Crippen LogP contribution in [0, 0.1) is 6.92 Å². The van der Waals surface area contributed by atoms with Gasteiger partial charge in [0.2, 0.25) is 5.91 Å². The van der Waals surface area contributed by atoms with E-state index in [2.05, 4.69) is 27.0 Å². The Balaban J connectivity index is 1.65. The van der Waals surface area contributed by atoms with E-state index in [1.165, 1.54) is 5.56 Å². The molecule has 0 atom stereocenters. The molecule has 0 aliphatic heterocycles. The number of nitrogens with one attached hydrogen (secondary N) is 1. The minimum absolute atomic E-state index is 0.00193. The van der Waals surface area contributed by atoms with Crippen LogP contribution < -0.4 is 5.32 Å². The molecule has 0 saturated carbocycles. The van der Waals surface area contributed by atoms with Gasteiger partial charge in [-0.2, -0.15) is 0 Å². The van der Waals surface area contributed by atoms with Crippen LogP contribution in [0.2, 0.25) is 0 Å². The number of aromatic nitrogens is 2. The van der Waals surface area contributed by atoms with Gasteiger partial charge in [0.05, 0.1) is 0 Å². The van der Waals surface area contributed by atoms with E-state index < -0.39 is 0 Å². The minimum atomic E-state index is -0.00193. The molecule has 0 radical (unpaired) electrons. The van der Waals surface area contributed by atoms with Crippen molar-refractivity contribution in [1.29, 1.82) is 0 Å². The fourth-order valence-corrected chi connectivity index (χ4v) is 2.43. The van der Waals surface area contributed by atoms with Gasteiger partial charge >= 0.3 is 0 Å². The summed E-state index contributed by atoms with van der Waals surface area (Å²) in [5.74, 6) is 1.01. The number of carbonyl (C=O) groups is 1. The fourth-order valence-electron chi connectivity index (χ4n) is 2.43. The van der Waals surface area contributed by atoms with Crippen molar-refractivity contribution < 1.29 is 4.79 Å². The monoisotopic (exact) mass is 311 g/mol. The van der Waals surface area contributed by atoms with E-state index in [9.17, 15) is 4.79 Å². The highest BCUT2D eigenvalue weighted by molar-refractivity contribution is 5.88. The van der Waals surface area contributed by atoms with E-state index >= 15 is 0 Å². The number of amides is 1. The van der Waals surface area contributed by atoms with Crippen molar-refractivity contribution in [2.45, 2.75) is 39.7 Å². The molecule has 0 saturated heterocycles. The number of hydrogen-bond donors (Lipinski definition) is 1. The average molecular weight is 311 g/mol. The lowest BCUT2D eigenvalue weighted by Crippen LogP contribution is -2.23. The molecule has 1 heterocycles. The number of benzene rings is 1. The molecular weight excluding hydrogens is 286 g/mol. The lowest BCUT2D eigenvalue weighted by Gasteiger charge is -2.06. The highest BCUT2D eigenvalue weighted by atomic mass is 16.1. The van der Waals surface area contributed by atoms with E-state index in [1.54, 1.807) is 12.3 Å². The van der Waals surface area contributed by atoms with E-state index in [0.717, 1.165) is 37.2 Å². The van der Waals surface area contributed by atoms with Crippen LogP contribution in [0.3, 0.4) is 0 Å². The molecule has 122 valence electrons. The molecule has 1 aromatic heterocycles. The second-order valence-corrected chi connectivity index (χ2v) is 5.79.